The molecule has 1 aromatic rings. The highest BCUT2D eigenvalue weighted by atomic mass is 16.6. The van der Waals surface area contributed by atoms with Crippen LogP contribution in [0.4, 0.5) is 5.69 Å². The number of benzene rings is 1. The Bertz CT molecular complexity index is 461. The van der Waals surface area contributed by atoms with E-state index in [0.29, 0.717) is 17.1 Å². The van der Waals surface area contributed by atoms with Gasteiger partial charge in [-0.2, -0.15) is 0 Å². The summed E-state index contributed by atoms with van der Waals surface area (Å²) in [4.78, 5) is 10.6. The average Bonchev–Trinajstić information content (AvgIpc) is 3.04. The maximum atomic E-state index is 11.0. The van der Waals surface area contributed by atoms with Gasteiger partial charge in [-0.25, -0.2) is 0 Å². The molecule has 0 saturated heterocycles. The van der Waals surface area contributed by atoms with E-state index in [1.165, 1.54) is 20.3 Å². The molecule has 0 radical (unpaired) electrons. The zero-order chi connectivity index (χ0) is 12.6. The van der Waals surface area contributed by atoms with E-state index >= 15 is 0 Å². The topological polar surface area (TPSA) is 87.6 Å². The molecule has 6 nitrogen and oxygen atoms in total. The summed E-state index contributed by atoms with van der Waals surface area (Å²) in [6.45, 7) is 0. The molecule has 92 valence electrons. The van der Waals surface area contributed by atoms with Gasteiger partial charge >= 0.3 is 0 Å². The minimum Gasteiger partial charge on any atom is -0.493 e. The van der Waals surface area contributed by atoms with Crippen molar-refractivity contribution in [3.8, 4) is 11.5 Å². The predicted molar refractivity (Wildman–Crippen MR) is 61.5 cm³/mol. The van der Waals surface area contributed by atoms with Crippen molar-refractivity contribution in [1.82, 2.24) is 0 Å². The number of rotatable bonds is 4. The molecule has 1 fully saturated rings. The number of ether oxygens (including phenoxy) is 2. The molecule has 1 aliphatic carbocycles. The summed E-state index contributed by atoms with van der Waals surface area (Å²) in [5, 5.41) is 11.0. The van der Waals surface area contributed by atoms with E-state index in [1.54, 1.807) is 6.07 Å². The second-order valence-electron chi connectivity index (χ2n) is 4.03. The van der Waals surface area contributed by atoms with E-state index in [4.69, 9.17) is 15.2 Å². The van der Waals surface area contributed by atoms with Gasteiger partial charge in [0.1, 0.15) is 0 Å². The number of hydrogen-bond donors (Lipinski definition) is 1. The number of methoxy groups -OCH3 is 2. The lowest BCUT2D eigenvalue weighted by Crippen LogP contribution is -2.04. The fourth-order valence-corrected chi connectivity index (χ4v) is 1.91. The van der Waals surface area contributed by atoms with Crippen LogP contribution in [-0.4, -0.2) is 25.2 Å². The number of nitro benzene ring substituents is 1. The third-order valence-electron chi connectivity index (χ3n) is 2.97. The van der Waals surface area contributed by atoms with Crippen molar-refractivity contribution in [1.29, 1.82) is 0 Å². The first kappa shape index (κ1) is 11.7. The molecule has 0 amide bonds. The number of nitrogens with two attached hydrogens (primary N) is 1. The molecule has 2 atom stereocenters. The Labute approximate surface area is 98.5 Å². The molecular formula is C11H14N2O4. The van der Waals surface area contributed by atoms with Crippen LogP contribution in [-0.2, 0) is 0 Å². The number of hydrogen-bond acceptors (Lipinski definition) is 5. The normalized spacial score (nSPS) is 22.1. The Balaban J connectivity index is 2.51. The van der Waals surface area contributed by atoms with Crippen molar-refractivity contribution in [2.24, 2.45) is 5.73 Å². The van der Waals surface area contributed by atoms with Crippen LogP contribution in [0.3, 0.4) is 0 Å². The molecule has 1 saturated carbocycles. The first-order chi connectivity index (χ1) is 8.08. The van der Waals surface area contributed by atoms with Crippen molar-refractivity contribution in [3.63, 3.8) is 0 Å². The van der Waals surface area contributed by atoms with E-state index in [2.05, 4.69) is 0 Å². The molecule has 0 aromatic heterocycles. The van der Waals surface area contributed by atoms with Gasteiger partial charge in [-0.1, -0.05) is 0 Å². The summed E-state index contributed by atoms with van der Waals surface area (Å²) < 4.78 is 10.2. The van der Waals surface area contributed by atoms with E-state index in [0.717, 1.165) is 6.42 Å². The van der Waals surface area contributed by atoms with Crippen LogP contribution in [0, 0.1) is 10.1 Å². The minimum atomic E-state index is -0.414. The Morgan fingerprint density at radius 1 is 1.35 bits per heavy atom. The van der Waals surface area contributed by atoms with Gasteiger partial charge in [0.2, 0.25) is 0 Å². The van der Waals surface area contributed by atoms with Crippen molar-refractivity contribution in [3.05, 3.63) is 27.8 Å². The zero-order valence-corrected chi connectivity index (χ0v) is 9.67. The Morgan fingerprint density at radius 3 is 2.29 bits per heavy atom. The smallest absolute Gasteiger partial charge is 0.276 e. The lowest BCUT2D eigenvalue weighted by atomic mass is 10.1. The van der Waals surface area contributed by atoms with Gasteiger partial charge in [-0.05, 0) is 12.5 Å². The lowest BCUT2D eigenvalue weighted by Gasteiger charge is -2.10. The number of nitro groups is 1. The van der Waals surface area contributed by atoms with Gasteiger partial charge in [-0.3, -0.25) is 10.1 Å². The first-order valence-electron chi connectivity index (χ1n) is 5.24. The maximum absolute atomic E-state index is 11.0. The molecule has 1 aromatic carbocycles. The summed E-state index contributed by atoms with van der Waals surface area (Å²) in [5.74, 6) is 0.902. The van der Waals surface area contributed by atoms with Gasteiger partial charge in [0, 0.05) is 17.5 Å². The molecule has 2 N–H and O–H groups in total. The second-order valence-corrected chi connectivity index (χ2v) is 4.03. The first-order valence-corrected chi connectivity index (χ1v) is 5.24. The Kier molecular flexibility index (Phi) is 2.89. The van der Waals surface area contributed by atoms with Gasteiger partial charge < -0.3 is 15.2 Å². The summed E-state index contributed by atoms with van der Waals surface area (Å²) in [7, 11) is 2.95. The molecule has 0 bridgehead atoms. The lowest BCUT2D eigenvalue weighted by molar-refractivity contribution is -0.385. The van der Waals surface area contributed by atoms with Gasteiger partial charge in [-0.15, -0.1) is 0 Å². The Morgan fingerprint density at radius 2 is 1.88 bits per heavy atom. The summed E-state index contributed by atoms with van der Waals surface area (Å²) in [5.41, 5.74) is 6.40. The summed E-state index contributed by atoms with van der Waals surface area (Å²) in [6, 6.07) is 3.04. The minimum absolute atomic E-state index is 0.00630. The van der Waals surface area contributed by atoms with Gasteiger partial charge in [0.05, 0.1) is 25.2 Å². The van der Waals surface area contributed by atoms with Crippen LogP contribution in [0.1, 0.15) is 17.9 Å². The van der Waals surface area contributed by atoms with Gasteiger partial charge in [0.15, 0.2) is 11.5 Å². The van der Waals surface area contributed by atoms with E-state index in [-0.39, 0.29) is 17.6 Å². The van der Waals surface area contributed by atoms with Crippen LogP contribution < -0.4 is 15.2 Å². The van der Waals surface area contributed by atoms with E-state index in [9.17, 15) is 10.1 Å². The average molecular weight is 238 g/mol. The largest absolute Gasteiger partial charge is 0.493 e. The van der Waals surface area contributed by atoms with Crippen molar-refractivity contribution in [2.75, 3.05) is 14.2 Å². The number of nitrogens with zero attached hydrogens (tertiary/aromatic N) is 1. The standard InChI is InChI=1S/C11H14N2O4/c1-16-10-4-7(6-3-8(6)12)9(13(14)15)5-11(10)17-2/h4-6,8H,3,12H2,1-2H3. The molecule has 6 heteroatoms. The highest BCUT2D eigenvalue weighted by Gasteiger charge is 2.40. The second kappa shape index (κ2) is 4.21. The molecule has 0 spiro atoms. The van der Waals surface area contributed by atoms with Crippen LogP contribution in [0.25, 0.3) is 0 Å². The van der Waals surface area contributed by atoms with Crippen LogP contribution in [0.15, 0.2) is 12.1 Å². The third-order valence-corrected chi connectivity index (χ3v) is 2.97. The zero-order valence-electron chi connectivity index (χ0n) is 9.67. The molecule has 2 unspecified atom stereocenters. The van der Waals surface area contributed by atoms with E-state index < -0.39 is 4.92 Å². The third kappa shape index (κ3) is 2.03. The molecule has 0 aliphatic heterocycles. The summed E-state index contributed by atoms with van der Waals surface area (Å²) in [6.07, 6.45) is 0.774. The highest BCUT2D eigenvalue weighted by Crippen LogP contribution is 2.46. The monoisotopic (exact) mass is 238 g/mol. The molecule has 1 aliphatic rings. The quantitative estimate of drug-likeness (QED) is 0.633. The van der Waals surface area contributed by atoms with Gasteiger partial charge in [0.25, 0.3) is 5.69 Å². The van der Waals surface area contributed by atoms with Crippen LogP contribution >= 0.6 is 0 Å². The summed E-state index contributed by atoms with van der Waals surface area (Å²) >= 11 is 0. The molecule has 17 heavy (non-hydrogen) atoms. The molecular weight excluding hydrogens is 224 g/mol. The molecule has 0 heterocycles. The van der Waals surface area contributed by atoms with Crippen molar-refractivity contribution >= 4 is 5.69 Å². The van der Waals surface area contributed by atoms with Crippen LogP contribution in [0.5, 0.6) is 11.5 Å². The van der Waals surface area contributed by atoms with Crippen molar-refractivity contribution < 1.29 is 14.4 Å². The Hall–Kier alpha value is -1.82. The van der Waals surface area contributed by atoms with Crippen molar-refractivity contribution in [2.45, 2.75) is 18.4 Å². The maximum Gasteiger partial charge on any atom is 0.276 e. The predicted octanol–water partition coefficient (Wildman–Crippen LogP) is 1.43. The fraction of sp³-hybridized carbons (Fsp3) is 0.455. The highest BCUT2D eigenvalue weighted by molar-refractivity contribution is 5.57. The fourth-order valence-electron chi connectivity index (χ4n) is 1.91. The van der Waals surface area contributed by atoms with E-state index in [1.807, 2.05) is 0 Å². The molecule has 2 rings (SSSR count). The SMILES string of the molecule is COc1cc(C2CC2N)c([N+](=O)[O-])cc1OC. The van der Waals surface area contributed by atoms with Crippen LogP contribution in [0.2, 0.25) is 0 Å².